The summed E-state index contributed by atoms with van der Waals surface area (Å²) >= 11 is 5.61. The summed E-state index contributed by atoms with van der Waals surface area (Å²) in [6.45, 7) is 4.46. The Morgan fingerprint density at radius 3 is 2.40 bits per heavy atom. The van der Waals surface area contributed by atoms with E-state index >= 15 is 0 Å². The van der Waals surface area contributed by atoms with Gasteiger partial charge in [-0.1, -0.05) is 59.6 Å². The van der Waals surface area contributed by atoms with Crippen LogP contribution in [0, 0.1) is 6.92 Å². The van der Waals surface area contributed by atoms with Crippen molar-refractivity contribution in [1.82, 2.24) is 15.1 Å². The Morgan fingerprint density at radius 2 is 1.70 bits per heavy atom. The summed E-state index contributed by atoms with van der Waals surface area (Å²) in [5.41, 5.74) is 3.50. The molecule has 0 radical (unpaired) electrons. The first-order valence-corrected chi connectivity index (χ1v) is 16.4. The first kappa shape index (κ1) is 33.7. The third-order valence-corrected chi connectivity index (χ3v) is 8.95. The number of nitrogens with zero attached hydrogens (tertiary/aromatic N) is 2. The number of methoxy groups -OCH3 is 1. The van der Waals surface area contributed by atoms with Crippen LogP contribution >= 0.6 is 11.6 Å². The number of para-hydroxylation sites is 1. The van der Waals surface area contributed by atoms with Gasteiger partial charge in [-0.15, -0.1) is 0 Å². The number of fused-ring (bicyclic) bond motifs is 1. The van der Waals surface area contributed by atoms with Gasteiger partial charge in [0.1, 0.15) is 0 Å². The van der Waals surface area contributed by atoms with E-state index in [1.165, 1.54) is 23.8 Å². The van der Waals surface area contributed by atoms with Gasteiger partial charge in [-0.25, -0.2) is 0 Å². The van der Waals surface area contributed by atoms with Crippen LogP contribution in [0.4, 0.5) is 0 Å². The fourth-order valence-corrected chi connectivity index (χ4v) is 6.19. The smallest absolute Gasteiger partial charge is 0.287 e. The molecule has 3 aromatic carbocycles. The van der Waals surface area contributed by atoms with Crippen LogP contribution < -0.4 is 15.5 Å². The summed E-state index contributed by atoms with van der Waals surface area (Å²) in [5, 5.41) is 3.70. The van der Waals surface area contributed by atoms with E-state index in [2.05, 4.69) is 17.4 Å². The normalized spacial score (nSPS) is 15.2. The minimum atomic E-state index is -0.635. The monoisotopic (exact) mass is 657 g/mol. The number of hydrogen-bond donors (Lipinski definition) is 1. The van der Waals surface area contributed by atoms with Crippen molar-refractivity contribution in [2.24, 2.45) is 0 Å². The molecule has 2 aliphatic heterocycles. The third kappa shape index (κ3) is 8.60. The average molecular weight is 658 g/mol. The highest BCUT2D eigenvalue weighted by molar-refractivity contribution is 6.30. The maximum absolute atomic E-state index is 12.9. The molecule has 0 aliphatic carbocycles. The molecule has 246 valence electrons. The Bertz CT molecular complexity index is 1760. The molecule has 3 heterocycles. The van der Waals surface area contributed by atoms with Gasteiger partial charge in [0.15, 0.2) is 22.5 Å². The molecule has 2 saturated heterocycles. The molecule has 1 N–H and O–H groups in total. The second-order valence-corrected chi connectivity index (χ2v) is 12.4. The molecule has 6 rings (SSSR count). The van der Waals surface area contributed by atoms with Gasteiger partial charge >= 0.3 is 0 Å². The van der Waals surface area contributed by atoms with E-state index in [4.69, 9.17) is 20.8 Å². The van der Waals surface area contributed by atoms with E-state index in [0.29, 0.717) is 43.1 Å². The van der Waals surface area contributed by atoms with Gasteiger partial charge in [-0.2, -0.15) is 0 Å². The van der Waals surface area contributed by atoms with Crippen LogP contribution in [-0.4, -0.2) is 60.8 Å². The summed E-state index contributed by atoms with van der Waals surface area (Å²) in [6, 6.07) is 22.1. The molecular weight excluding hydrogens is 618 g/mol. The number of halogens is 1. The number of carbonyl (C=O) groups excluding carboxylic acids is 3. The Morgan fingerprint density at radius 1 is 0.957 bits per heavy atom. The van der Waals surface area contributed by atoms with Gasteiger partial charge in [-0.05, 0) is 73.9 Å². The predicted octanol–water partition coefficient (Wildman–Crippen LogP) is 6.10. The summed E-state index contributed by atoms with van der Waals surface area (Å²) in [6.07, 6.45) is 4.26. The highest BCUT2D eigenvalue weighted by Gasteiger charge is 2.27. The van der Waals surface area contributed by atoms with E-state index in [9.17, 15) is 19.2 Å². The van der Waals surface area contributed by atoms with E-state index < -0.39 is 5.91 Å². The SMILES string of the molecule is COc1cccc2c(=O)cc(C(=O)NCC(=O)N3CCC(c4ccccc4CN4CCCCC4=O)CC3)oc12.Cc1ccc(Cl)cc1. The molecular formula is C37H40ClN3O6. The summed E-state index contributed by atoms with van der Waals surface area (Å²) in [5.74, 6) is -0.115. The van der Waals surface area contributed by atoms with Crippen LogP contribution in [0.25, 0.3) is 11.0 Å². The first-order chi connectivity index (χ1) is 22.7. The summed E-state index contributed by atoms with van der Waals surface area (Å²) < 4.78 is 10.9. The van der Waals surface area contributed by atoms with Crippen LogP contribution in [-0.2, 0) is 16.1 Å². The Balaban J connectivity index is 0.000000474. The molecule has 0 saturated carbocycles. The minimum Gasteiger partial charge on any atom is -0.493 e. The molecule has 9 nitrogen and oxygen atoms in total. The minimum absolute atomic E-state index is 0.174. The molecule has 3 amide bonds. The number of nitrogens with one attached hydrogen (secondary N) is 1. The Kier molecular flexibility index (Phi) is 11.3. The molecule has 0 atom stereocenters. The lowest BCUT2D eigenvalue weighted by Crippen LogP contribution is -2.44. The number of aryl methyl sites for hydroxylation is 1. The number of hydrogen-bond acceptors (Lipinski definition) is 6. The maximum Gasteiger partial charge on any atom is 0.287 e. The van der Waals surface area contributed by atoms with Crippen molar-refractivity contribution in [3.8, 4) is 5.75 Å². The molecule has 0 spiro atoms. The fourth-order valence-electron chi connectivity index (χ4n) is 6.06. The highest BCUT2D eigenvalue weighted by Crippen LogP contribution is 2.31. The molecule has 10 heteroatoms. The molecule has 2 aliphatic rings. The first-order valence-electron chi connectivity index (χ1n) is 16.0. The zero-order valence-electron chi connectivity index (χ0n) is 26.8. The van der Waals surface area contributed by atoms with E-state index in [1.54, 1.807) is 23.1 Å². The predicted molar refractivity (Wildman–Crippen MR) is 182 cm³/mol. The summed E-state index contributed by atoms with van der Waals surface area (Å²) in [4.78, 5) is 54.1. The highest BCUT2D eigenvalue weighted by atomic mass is 35.5. The fraction of sp³-hybridized carbons (Fsp3) is 0.351. The second kappa shape index (κ2) is 15.8. The van der Waals surface area contributed by atoms with Crippen molar-refractivity contribution in [2.45, 2.75) is 51.5 Å². The van der Waals surface area contributed by atoms with Crippen LogP contribution in [0.15, 0.2) is 82.0 Å². The van der Waals surface area contributed by atoms with E-state index in [0.717, 1.165) is 43.3 Å². The summed E-state index contributed by atoms with van der Waals surface area (Å²) in [7, 11) is 1.46. The van der Waals surface area contributed by atoms with Crippen LogP contribution in [0.2, 0.25) is 5.02 Å². The van der Waals surface area contributed by atoms with Gasteiger partial charge in [0.2, 0.25) is 11.8 Å². The maximum atomic E-state index is 12.9. The Labute approximate surface area is 279 Å². The largest absolute Gasteiger partial charge is 0.493 e. The molecule has 0 unspecified atom stereocenters. The second-order valence-electron chi connectivity index (χ2n) is 11.9. The van der Waals surface area contributed by atoms with E-state index in [1.807, 2.05) is 48.2 Å². The number of ether oxygens (including phenoxy) is 1. The van der Waals surface area contributed by atoms with Crippen molar-refractivity contribution in [3.05, 3.63) is 110 Å². The lowest BCUT2D eigenvalue weighted by molar-refractivity contribution is -0.134. The van der Waals surface area contributed by atoms with Gasteiger partial charge < -0.3 is 24.3 Å². The zero-order valence-corrected chi connectivity index (χ0v) is 27.6. The van der Waals surface area contributed by atoms with Crippen LogP contribution in [0.5, 0.6) is 5.75 Å². The van der Waals surface area contributed by atoms with Crippen molar-refractivity contribution >= 4 is 40.3 Å². The van der Waals surface area contributed by atoms with Gasteiger partial charge in [-0.3, -0.25) is 19.2 Å². The third-order valence-electron chi connectivity index (χ3n) is 8.70. The molecule has 1 aromatic heterocycles. The lowest BCUT2D eigenvalue weighted by Gasteiger charge is -2.34. The van der Waals surface area contributed by atoms with Crippen molar-refractivity contribution in [3.63, 3.8) is 0 Å². The number of amides is 3. The quantitative estimate of drug-likeness (QED) is 0.257. The number of rotatable bonds is 7. The number of carbonyl (C=O) groups is 3. The van der Waals surface area contributed by atoms with Crippen molar-refractivity contribution in [2.75, 3.05) is 33.3 Å². The van der Waals surface area contributed by atoms with Crippen molar-refractivity contribution in [1.29, 1.82) is 0 Å². The van der Waals surface area contributed by atoms with Gasteiger partial charge in [0.25, 0.3) is 5.91 Å². The molecule has 47 heavy (non-hydrogen) atoms. The topological polar surface area (TPSA) is 109 Å². The number of piperidine rings is 2. The molecule has 0 bridgehead atoms. The number of likely N-dealkylation sites (tertiary alicyclic amines) is 2. The lowest BCUT2D eigenvalue weighted by atomic mass is 9.86. The Hall–Kier alpha value is -4.63. The zero-order chi connectivity index (χ0) is 33.3. The van der Waals surface area contributed by atoms with E-state index in [-0.39, 0.29) is 35.1 Å². The standard InChI is InChI=1S/C30H33N3O6.C7H7Cl/c1-38-25-10-6-9-23-24(34)17-26(39-29(23)25)30(37)31-18-28(36)32-15-12-20(13-16-32)22-8-3-2-7-21(22)19-33-14-5-4-11-27(33)35;1-6-2-4-7(8)5-3-6/h2-3,6-10,17,20H,4-5,11-16,18-19H2,1H3,(H,31,37);2-5H,1H3. The molecule has 2 fully saturated rings. The number of benzene rings is 3. The van der Waals surface area contributed by atoms with Crippen LogP contribution in [0.1, 0.15) is 65.3 Å². The van der Waals surface area contributed by atoms with Crippen LogP contribution in [0.3, 0.4) is 0 Å². The van der Waals surface area contributed by atoms with Gasteiger partial charge in [0, 0.05) is 43.7 Å². The van der Waals surface area contributed by atoms with Gasteiger partial charge in [0.05, 0.1) is 19.0 Å². The molecule has 4 aromatic rings. The average Bonchev–Trinajstić information content (AvgIpc) is 3.09. The van der Waals surface area contributed by atoms with Crippen molar-refractivity contribution < 1.29 is 23.5 Å².